The number of aromatic nitrogens is 2. The number of hydrogen-bond acceptors (Lipinski definition) is 4. The van der Waals surface area contributed by atoms with E-state index in [1.54, 1.807) is 11.8 Å². The van der Waals surface area contributed by atoms with Crippen LogP contribution in [0.15, 0.2) is 12.3 Å². The lowest BCUT2D eigenvalue weighted by molar-refractivity contribution is -0.115. The number of amides is 1. The van der Waals surface area contributed by atoms with E-state index in [4.69, 9.17) is 0 Å². The summed E-state index contributed by atoms with van der Waals surface area (Å²) in [5.74, 6) is 1.54. The third-order valence-electron chi connectivity index (χ3n) is 2.82. The molecule has 1 saturated heterocycles. The van der Waals surface area contributed by atoms with Crippen molar-refractivity contribution in [1.82, 2.24) is 15.1 Å². The molecule has 2 N–H and O–H groups in total. The standard InChI is InChI=1S/C11H18N4OS/c1-17-7-4-11(16)13-10-3-6-15(14-10)9-2-5-12-8-9/h3,6,9,12H,2,4-5,7-8H2,1H3,(H,13,14,16). The summed E-state index contributed by atoms with van der Waals surface area (Å²) in [4.78, 5) is 11.5. The van der Waals surface area contributed by atoms with Gasteiger partial charge in [-0.15, -0.1) is 0 Å². The van der Waals surface area contributed by atoms with Gasteiger partial charge in [-0.3, -0.25) is 9.48 Å². The second-order valence-electron chi connectivity index (χ2n) is 4.12. The molecule has 6 heteroatoms. The van der Waals surface area contributed by atoms with Gasteiger partial charge in [0.1, 0.15) is 0 Å². The summed E-state index contributed by atoms with van der Waals surface area (Å²) in [5, 5.41) is 10.5. The molecule has 5 nitrogen and oxygen atoms in total. The number of nitrogens with one attached hydrogen (secondary N) is 2. The summed E-state index contributed by atoms with van der Waals surface area (Å²) in [5.41, 5.74) is 0. The van der Waals surface area contributed by atoms with Gasteiger partial charge < -0.3 is 10.6 Å². The molecule has 94 valence electrons. The van der Waals surface area contributed by atoms with E-state index >= 15 is 0 Å². The monoisotopic (exact) mass is 254 g/mol. The molecule has 0 radical (unpaired) electrons. The number of carbonyl (C=O) groups excluding carboxylic acids is 1. The number of anilines is 1. The molecule has 1 aliphatic rings. The first-order chi connectivity index (χ1) is 8.29. The van der Waals surface area contributed by atoms with Crippen LogP contribution >= 0.6 is 11.8 Å². The van der Waals surface area contributed by atoms with Crippen molar-refractivity contribution in [3.8, 4) is 0 Å². The van der Waals surface area contributed by atoms with Crippen LogP contribution in [0.1, 0.15) is 18.9 Å². The quantitative estimate of drug-likeness (QED) is 0.826. The molecule has 0 bridgehead atoms. The minimum atomic E-state index is 0.0362. The summed E-state index contributed by atoms with van der Waals surface area (Å²) in [6.07, 6.45) is 5.57. The number of carbonyl (C=O) groups is 1. The van der Waals surface area contributed by atoms with Crippen molar-refractivity contribution >= 4 is 23.5 Å². The second kappa shape index (κ2) is 6.07. The van der Waals surface area contributed by atoms with Crippen LogP contribution in [0.4, 0.5) is 5.82 Å². The van der Waals surface area contributed by atoms with Gasteiger partial charge in [0.15, 0.2) is 5.82 Å². The Balaban J connectivity index is 1.87. The Bertz CT molecular complexity index is 373. The first kappa shape index (κ1) is 12.4. The molecule has 0 saturated carbocycles. The van der Waals surface area contributed by atoms with Crippen molar-refractivity contribution in [3.05, 3.63) is 12.3 Å². The maximum absolute atomic E-state index is 11.5. The molecule has 1 atom stereocenters. The highest BCUT2D eigenvalue weighted by atomic mass is 32.2. The van der Waals surface area contributed by atoms with Gasteiger partial charge in [-0.25, -0.2) is 0 Å². The Hall–Kier alpha value is -1.01. The maximum Gasteiger partial charge on any atom is 0.226 e. The van der Waals surface area contributed by atoms with E-state index in [2.05, 4.69) is 15.7 Å². The number of nitrogens with zero attached hydrogens (tertiary/aromatic N) is 2. The molecule has 2 heterocycles. The smallest absolute Gasteiger partial charge is 0.226 e. The molecule has 1 amide bonds. The lowest BCUT2D eigenvalue weighted by Crippen LogP contribution is -2.15. The van der Waals surface area contributed by atoms with Crippen LogP contribution in [0.25, 0.3) is 0 Å². The minimum Gasteiger partial charge on any atom is -0.315 e. The Morgan fingerprint density at radius 1 is 1.76 bits per heavy atom. The number of thioether (sulfide) groups is 1. The Labute approximate surface area is 105 Å². The first-order valence-electron chi connectivity index (χ1n) is 5.84. The highest BCUT2D eigenvalue weighted by Crippen LogP contribution is 2.15. The van der Waals surface area contributed by atoms with E-state index < -0.39 is 0 Å². The van der Waals surface area contributed by atoms with Gasteiger partial charge in [-0.1, -0.05) is 0 Å². The molecule has 17 heavy (non-hydrogen) atoms. The molecule has 0 spiro atoms. The summed E-state index contributed by atoms with van der Waals surface area (Å²) in [6, 6.07) is 2.28. The van der Waals surface area contributed by atoms with Crippen molar-refractivity contribution < 1.29 is 4.79 Å². The molecule has 0 aliphatic carbocycles. The zero-order valence-electron chi connectivity index (χ0n) is 9.98. The lowest BCUT2D eigenvalue weighted by atomic mass is 10.3. The van der Waals surface area contributed by atoms with Crippen LogP contribution < -0.4 is 10.6 Å². The van der Waals surface area contributed by atoms with Crippen LogP contribution in [0.3, 0.4) is 0 Å². The highest BCUT2D eigenvalue weighted by molar-refractivity contribution is 7.98. The van der Waals surface area contributed by atoms with Gasteiger partial charge in [0, 0.05) is 31.0 Å². The van der Waals surface area contributed by atoms with Gasteiger partial charge in [-0.2, -0.15) is 16.9 Å². The van der Waals surface area contributed by atoms with E-state index in [0.29, 0.717) is 18.3 Å². The predicted molar refractivity (Wildman–Crippen MR) is 70.4 cm³/mol. The van der Waals surface area contributed by atoms with E-state index in [-0.39, 0.29) is 5.91 Å². The molecule has 1 unspecified atom stereocenters. The van der Waals surface area contributed by atoms with Crippen LogP contribution in [0.5, 0.6) is 0 Å². The summed E-state index contributed by atoms with van der Waals surface area (Å²) < 4.78 is 1.93. The van der Waals surface area contributed by atoms with E-state index in [1.807, 2.05) is 23.2 Å². The number of rotatable bonds is 5. The van der Waals surface area contributed by atoms with Gasteiger partial charge in [0.25, 0.3) is 0 Å². The number of hydrogen-bond donors (Lipinski definition) is 2. The Morgan fingerprint density at radius 2 is 2.65 bits per heavy atom. The fraction of sp³-hybridized carbons (Fsp3) is 0.636. The third-order valence-corrected chi connectivity index (χ3v) is 3.43. The van der Waals surface area contributed by atoms with E-state index in [9.17, 15) is 4.79 Å². The SMILES string of the molecule is CSCCC(=O)Nc1ccn(C2CCNC2)n1. The molecule has 1 aliphatic heterocycles. The van der Waals surface area contributed by atoms with Gasteiger partial charge >= 0.3 is 0 Å². The fourth-order valence-electron chi connectivity index (χ4n) is 1.87. The lowest BCUT2D eigenvalue weighted by Gasteiger charge is -2.08. The Kier molecular flexibility index (Phi) is 4.44. The normalized spacial score (nSPS) is 19.5. The minimum absolute atomic E-state index is 0.0362. The summed E-state index contributed by atoms with van der Waals surface area (Å²) >= 11 is 1.67. The molecule has 2 rings (SSSR count). The molecular formula is C11H18N4OS. The maximum atomic E-state index is 11.5. The molecule has 1 aromatic heterocycles. The largest absolute Gasteiger partial charge is 0.315 e. The first-order valence-corrected chi connectivity index (χ1v) is 7.23. The molecule has 1 fully saturated rings. The van der Waals surface area contributed by atoms with Crippen molar-refractivity contribution in [2.45, 2.75) is 18.9 Å². The van der Waals surface area contributed by atoms with Crippen molar-refractivity contribution in [1.29, 1.82) is 0 Å². The zero-order chi connectivity index (χ0) is 12.1. The second-order valence-corrected chi connectivity index (χ2v) is 5.10. The molecule has 1 aromatic rings. The van der Waals surface area contributed by atoms with Crippen molar-refractivity contribution in [2.24, 2.45) is 0 Å². The van der Waals surface area contributed by atoms with E-state index in [0.717, 1.165) is 25.3 Å². The van der Waals surface area contributed by atoms with Crippen LogP contribution in [0.2, 0.25) is 0 Å². The van der Waals surface area contributed by atoms with Crippen molar-refractivity contribution in [2.75, 3.05) is 30.4 Å². The van der Waals surface area contributed by atoms with Crippen LogP contribution in [0, 0.1) is 0 Å². The average molecular weight is 254 g/mol. The Morgan fingerprint density at radius 3 is 3.35 bits per heavy atom. The topological polar surface area (TPSA) is 59.0 Å². The fourth-order valence-corrected chi connectivity index (χ4v) is 2.26. The van der Waals surface area contributed by atoms with Gasteiger partial charge in [-0.05, 0) is 19.2 Å². The highest BCUT2D eigenvalue weighted by Gasteiger charge is 2.17. The molecular weight excluding hydrogens is 236 g/mol. The third kappa shape index (κ3) is 3.47. The van der Waals surface area contributed by atoms with Crippen LogP contribution in [-0.2, 0) is 4.79 Å². The van der Waals surface area contributed by atoms with Gasteiger partial charge in [0.2, 0.25) is 5.91 Å². The average Bonchev–Trinajstić information content (AvgIpc) is 2.95. The summed E-state index contributed by atoms with van der Waals surface area (Å²) in [7, 11) is 0. The van der Waals surface area contributed by atoms with Crippen molar-refractivity contribution in [3.63, 3.8) is 0 Å². The molecule has 0 aromatic carbocycles. The summed E-state index contributed by atoms with van der Waals surface area (Å²) in [6.45, 7) is 2.00. The van der Waals surface area contributed by atoms with Crippen LogP contribution in [-0.4, -0.2) is 40.8 Å². The predicted octanol–water partition coefficient (Wildman–Crippen LogP) is 1.11. The van der Waals surface area contributed by atoms with E-state index in [1.165, 1.54) is 0 Å². The zero-order valence-corrected chi connectivity index (χ0v) is 10.8. The van der Waals surface area contributed by atoms with Gasteiger partial charge in [0.05, 0.1) is 6.04 Å².